The predicted molar refractivity (Wildman–Crippen MR) is 74.8 cm³/mol. The van der Waals surface area contributed by atoms with Crippen LogP contribution in [-0.2, 0) is 7.05 Å². The molecular formula is C13H16BrN3. The molecule has 1 heterocycles. The second kappa shape index (κ2) is 4.53. The average Bonchev–Trinajstić information content (AvgIpc) is 2.53. The van der Waals surface area contributed by atoms with Crippen molar-refractivity contribution in [2.75, 3.05) is 5.73 Å². The largest absolute Gasteiger partial charge is 0.381 e. The van der Waals surface area contributed by atoms with Crippen LogP contribution < -0.4 is 5.73 Å². The molecule has 2 rings (SSSR count). The SMILES string of the molecule is CC(C)c1ccc(-c2c(Br)c(N)nn2C)cc1. The predicted octanol–water partition coefficient (Wildman–Crippen LogP) is 3.56. The molecule has 0 unspecified atom stereocenters. The molecular weight excluding hydrogens is 278 g/mol. The highest BCUT2D eigenvalue weighted by molar-refractivity contribution is 9.10. The lowest BCUT2D eigenvalue weighted by molar-refractivity contribution is 0.780. The van der Waals surface area contributed by atoms with Crippen LogP contribution in [0, 0.1) is 0 Å². The Morgan fingerprint density at radius 2 is 1.82 bits per heavy atom. The van der Waals surface area contributed by atoms with Crippen LogP contribution in [0.25, 0.3) is 11.3 Å². The minimum atomic E-state index is 0.524. The molecule has 0 aliphatic heterocycles. The third kappa shape index (κ3) is 2.22. The Balaban J connectivity index is 2.47. The van der Waals surface area contributed by atoms with E-state index in [4.69, 9.17) is 5.73 Å². The minimum Gasteiger partial charge on any atom is -0.381 e. The van der Waals surface area contributed by atoms with Gasteiger partial charge in [-0.1, -0.05) is 38.1 Å². The molecule has 2 N–H and O–H groups in total. The Hall–Kier alpha value is -1.29. The zero-order valence-corrected chi connectivity index (χ0v) is 11.8. The van der Waals surface area contributed by atoms with Gasteiger partial charge in [-0.3, -0.25) is 4.68 Å². The number of halogens is 1. The fourth-order valence-corrected chi connectivity index (χ4v) is 2.42. The molecule has 1 aromatic heterocycles. The summed E-state index contributed by atoms with van der Waals surface area (Å²) in [5.41, 5.74) is 9.24. The summed E-state index contributed by atoms with van der Waals surface area (Å²) >= 11 is 3.48. The van der Waals surface area contributed by atoms with E-state index in [1.807, 2.05) is 7.05 Å². The van der Waals surface area contributed by atoms with Crippen LogP contribution in [0.15, 0.2) is 28.7 Å². The van der Waals surface area contributed by atoms with E-state index in [-0.39, 0.29) is 0 Å². The molecule has 0 saturated carbocycles. The van der Waals surface area contributed by atoms with Gasteiger partial charge in [-0.25, -0.2) is 0 Å². The summed E-state index contributed by atoms with van der Waals surface area (Å²) in [5, 5.41) is 4.19. The van der Waals surface area contributed by atoms with E-state index in [0.29, 0.717) is 11.7 Å². The molecule has 0 radical (unpaired) electrons. The van der Waals surface area contributed by atoms with Gasteiger partial charge in [0.05, 0.1) is 10.2 Å². The van der Waals surface area contributed by atoms with Crippen LogP contribution in [0.5, 0.6) is 0 Å². The molecule has 0 amide bonds. The number of nitrogens with two attached hydrogens (primary N) is 1. The zero-order valence-electron chi connectivity index (χ0n) is 10.2. The first-order chi connectivity index (χ1) is 8.00. The van der Waals surface area contributed by atoms with E-state index < -0.39 is 0 Å². The molecule has 0 spiro atoms. The van der Waals surface area contributed by atoms with Crippen molar-refractivity contribution in [3.63, 3.8) is 0 Å². The number of anilines is 1. The van der Waals surface area contributed by atoms with Crippen molar-refractivity contribution in [2.24, 2.45) is 7.05 Å². The Bertz CT molecular complexity index is 526. The Labute approximate surface area is 110 Å². The van der Waals surface area contributed by atoms with Gasteiger partial charge in [0.1, 0.15) is 0 Å². The summed E-state index contributed by atoms with van der Waals surface area (Å²) in [6.07, 6.45) is 0. The lowest BCUT2D eigenvalue weighted by atomic mass is 10.0. The van der Waals surface area contributed by atoms with Crippen molar-refractivity contribution in [3.05, 3.63) is 34.3 Å². The van der Waals surface area contributed by atoms with Gasteiger partial charge in [-0.2, -0.15) is 5.10 Å². The smallest absolute Gasteiger partial charge is 0.160 e. The van der Waals surface area contributed by atoms with Crippen molar-refractivity contribution >= 4 is 21.7 Å². The zero-order chi connectivity index (χ0) is 12.6. The third-order valence-electron chi connectivity index (χ3n) is 2.86. The van der Waals surface area contributed by atoms with Crippen LogP contribution >= 0.6 is 15.9 Å². The second-order valence-electron chi connectivity index (χ2n) is 4.45. The molecule has 4 heteroatoms. The van der Waals surface area contributed by atoms with Crippen molar-refractivity contribution < 1.29 is 0 Å². The molecule has 0 atom stereocenters. The van der Waals surface area contributed by atoms with E-state index in [1.54, 1.807) is 4.68 Å². The summed E-state index contributed by atoms with van der Waals surface area (Å²) < 4.78 is 2.65. The highest BCUT2D eigenvalue weighted by atomic mass is 79.9. The van der Waals surface area contributed by atoms with Gasteiger partial charge in [0.25, 0.3) is 0 Å². The second-order valence-corrected chi connectivity index (χ2v) is 5.24. The fourth-order valence-electron chi connectivity index (χ4n) is 1.86. The monoisotopic (exact) mass is 293 g/mol. The minimum absolute atomic E-state index is 0.524. The highest BCUT2D eigenvalue weighted by Gasteiger charge is 2.13. The van der Waals surface area contributed by atoms with Crippen LogP contribution in [-0.4, -0.2) is 9.78 Å². The lowest BCUT2D eigenvalue weighted by Crippen LogP contribution is -1.95. The molecule has 0 saturated heterocycles. The molecule has 90 valence electrons. The third-order valence-corrected chi connectivity index (χ3v) is 3.65. The first kappa shape index (κ1) is 12.2. The number of hydrogen-bond donors (Lipinski definition) is 1. The summed E-state index contributed by atoms with van der Waals surface area (Å²) in [5.74, 6) is 1.07. The quantitative estimate of drug-likeness (QED) is 0.920. The number of nitrogen functional groups attached to an aromatic ring is 1. The van der Waals surface area contributed by atoms with Gasteiger partial charge < -0.3 is 5.73 Å². The van der Waals surface area contributed by atoms with Gasteiger partial charge in [-0.05, 0) is 27.4 Å². The molecule has 0 bridgehead atoms. The standard InChI is InChI=1S/C13H16BrN3/c1-8(2)9-4-6-10(7-5-9)12-11(14)13(15)16-17(12)3/h4-8H,1-3H3,(H2,15,16). The lowest BCUT2D eigenvalue weighted by Gasteiger charge is -2.07. The van der Waals surface area contributed by atoms with Crippen molar-refractivity contribution in [1.82, 2.24) is 9.78 Å². The van der Waals surface area contributed by atoms with Gasteiger partial charge in [-0.15, -0.1) is 0 Å². The molecule has 3 nitrogen and oxygen atoms in total. The van der Waals surface area contributed by atoms with E-state index in [2.05, 4.69) is 59.1 Å². The van der Waals surface area contributed by atoms with Crippen molar-refractivity contribution in [1.29, 1.82) is 0 Å². The van der Waals surface area contributed by atoms with Gasteiger partial charge in [0.15, 0.2) is 5.82 Å². The summed E-state index contributed by atoms with van der Waals surface area (Å²) in [6, 6.07) is 8.51. The van der Waals surface area contributed by atoms with E-state index in [9.17, 15) is 0 Å². The van der Waals surface area contributed by atoms with Gasteiger partial charge in [0, 0.05) is 12.6 Å². The average molecular weight is 294 g/mol. The summed E-state index contributed by atoms with van der Waals surface area (Å²) in [7, 11) is 1.90. The van der Waals surface area contributed by atoms with Crippen LogP contribution in [0.4, 0.5) is 5.82 Å². The fraction of sp³-hybridized carbons (Fsp3) is 0.308. The summed E-state index contributed by atoms with van der Waals surface area (Å²) in [6.45, 7) is 4.37. The van der Waals surface area contributed by atoms with Crippen molar-refractivity contribution in [2.45, 2.75) is 19.8 Å². The maximum Gasteiger partial charge on any atom is 0.160 e. The Kier molecular flexibility index (Phi) is 3.24. The number of aryl methyl sites for hydroxylation is 1. The van der Waals surface area contributed by atoms with E-state index in [0.717, 1.165) is 15.7 Å². The topological polar surface area (TPSA) is 43.8 Å². The normalized spacial score (nSPS) is 11.1. The Morgan fingerprint density at radius 3 is 2.24 bits per heavy atom. The Morgan fingerprint density at radius 1 is 1.24 bits per heavy atom. The number of hydrogen-bond acceptors (Lipinski definition) is 2. The molecule has 2 aromatic rings. The maximum atomic E-state index is 5.78. The van der Waals surface area contributed by atoms with E-state index in [1.165, 1.54) is 5.56 Å². The van der Waals surface area contributed by atoms with Crippen LogP contribution in [0.1, 0.15) is 25.3 Å². The number of nitrogens with zero attached hydrogens (tertiary/aromatic N) is 2. The number of aromatic nitrogens is 2. The first-order valence-electron chi connectivity index (χ1n) is 5.59. The van der Waals surface area contributed by atoms with Crippen LogP contribution in [0.2, 0.25) is 0 Å². The molecule has 17 heavy (non-hydrogen) atoms. The molecule has 0 fully saturated rings. The highest BCUT2D eigenvalue weighted by Crippen LogP contribution is 2.32. The summed E-state index contributed by atoms with van der Waals surface area (Å²) in [4.78, 5) is 0. The van der Waals surface area contributed by atoms with Crippen LogP contribution in [0.3, 0.4) is 0 Å². The molecule has 0 aliphatic carbocycles. The van der Waals surface area contributed by atoms with E-state index >= 15 is 0 Å². The molecule has 0 aliphatic rings. The number of benzene rings is 1. The molecule has 1 aromatic carbocycles. The van der Waals surface area contributed by atoms with Gasteiger partial charge >= 0.3 is 0 Å². The number of rotatable bonds is 2. The van der Waals surface area contributed by atoms with Gasteiger partial charge in [0.2, 0.25) is 0 Å². The maximum absolute atomic E-state index is 5.78. The first-order valence-corrected chi connectivity index (χ1v) is 6.38. The van der Waals surface area contributed by atoms with Crippen molar-refractivity contribution in [3.8, 4) is 11.3 Å².